The van der Waals surface area contributed by atoms with Crippen LogP contribution in [-0.2, 0) is 0 Å². The van der Waals surface area contributed by atoms with Crippen LogP contribution in [0.4, 0.5) is 11.4 Å². The highest BCUT2D eigenvalue weighted by Gasteiger charge is 2.18. The zero-order chi connectivity index (χ0) is 23.7. The number of hydrogen-bond acceptors (Lipinski definition) is 8. The van der Waals surface area contributed by atoms with Crippen molar-refractivity contribution in [2.24, 2.45) is 0 Å². The van der Waals surface area contributed by atoms with E-state index in [1.807, 2.05) is 6.07 Å². The van der Waals surface area contributed by atoms with E-state index in [2.05, 4.69) is 35.4 Å². The number of amides is 2. The van der Waals surface area contributed by atoms with Gasteiger partial charge in [-0.05, 0) is 30.3 Å². The molecule has 0 fully saturated rings. The summed E-state index contributed by atoms with van der Waals surface area (Å²) in [6.07, 6.45) is 1.36. The fourth-order valence-electron chi connectivity index (χ4n) is 3.35. The van der Waals surface area contributed by atoms with E-state index < -0.39 is 17.6 Å². The lowest BCUT2D eigenvalue weighted by Gasteiger charge is -2.09. The number of fused-ring (bicyclic) bond motifs is 1. The van der Waals surface area contributed by atoms with Gasteiger partial charge in [0.1, 0.15) is 5.69 Å². The van der Waals surface area contributed by atoms with E-state index >= 15 is 0 Å². The summed E-state index contributed by atoms with van der Waals surface area (Å²) in [5.41, 5.74) is 2.08. The maximum atomic E-state index is 13.0. The van der Waals surface area contributed by atoms with Crippen LogP contribution in [0.2, 0.25) is 0 Å². The number of nitrogens with one attached hydrogen (secondary N) is 4. The van der Waals surface area contributed by atoms with Gasteiger partial charge in [0, 0.05) is 17.0 Å². The lowest BCUT2D eigenvalue weighted by molar-refractivity contribution is 0.0986. The van der Waals surface area contributed by atoms with Gasteiger partial charge < -0.3 is 20.1 Å². The Morgan fingerprint density at radius 3 is 2.56 bits per heavy atom. The molecule has 0 aliphatic carbocycles. The Morgan fingerprint density at radius 2 is 1.82 bits per heavy atom. The maximum Gasteiger partial charge on any atom is 0.439 e. The van der Waals surface area contributed by atoms with Crippen molar-refractivity contribution in [1.29, 1.82) is 5.26 Å². The van der Waals surface area contributed by atoms with Crippen molar-refractivity contribution >= 4 is 34.1 Å². The zero-order valence-corrected chi connectivity index (χ0v) is 17.1. The molecule has 0 saturated heterocycles. The second kappa shape index (κ2) is 8.24. The molecule has 0 spiro atoms. The van der Waals surface area contributed by atoms with Crippen molar-refractivity contribution in [3.63, 3.8) is 0 Å². The predicted octanol–water partition coefficient (Wildman–Crippen LogP) is 2.88. The smallest absolute Gasteiger partial charge is 0.351 e. The standard InChI is InChI=1S/C22H13N7O5/c23-10-11-4-5-14(13(8-11)19-28-22(32)34-29-19)26-20(30)16-9-12-2-1-3-15(18(12)25-16)27-21(31)17-6-7-24-33-17/h1-9,25H,(H,26,30)(H,27,31)(H,28,29,32). The minimum Gasteiger partial charge on any atom is -0.351 e. The molecule has 12 nitrogen and oxygen atoms in total. The molecule has 5 rings (SSSR count). The lowest BCUT2D eigenvalue weighted by Crippen LogP contribution is -2.13. The van der Waals surface area contributed by atoms with E-state index in [0.717, 1.165) is 0 Å². The number of benzene rings is 2. The third-order valence-corrected chi connectivity index (χ3v) is 4.90. The Bertz CT molecular complexity index is 1640. The minimum atomic E-state index is -0.773. The summed E-state index contributed by atoms with van der Waals surface area (Å²) in [4.78, 5) is 42.1. The van der Waals surface area contributed by atoms with Crippen molar-refractivity contribution in [3.05, 3.63) is 82.3 Å². The van der Waals surface area contributed by atoms with Crippen LogP contribution in [0.25, 0.3) is 22.3 Å². The van der Waals surface area contributed by atoms with Crippen LogP contribution in [0, 0.1) is 11.3 Å². The molecule has 5 aromatic rings. The quantitative estimate of drug-likeness (QED) is 0.312. The summed E-state index contributed by atoms with van der Waals surface area (Å²) in [5.74, 6) is -1.66. The molecular weight excluding hydrogens is 442 g/mol. The largest absolute Gasteiger partial charge is 0.439 e. The van der Waals surface area contributed by atoms with E-state index in [1.165, 1.54) is 30.5 Å². The van der Waals surface area contributed by atoms with Crippen LogP contribution in [-0.4, -0.2) is 32.1 Å². The van der Waals surface area contributed by atoms with Gasteiger partial charge in [-0.15, -0.1) is 0 Å². The second-order valence-corrected chi connectivity index (χ2v) is 7.05. The topological polar surface area (TPSA) is 183 Å². The van der Waals surface area contributed by atoms with E-state index in [0.29, 0.717) is 33.4 Å². The van der Waals surface area contributed by atoms with Gasteiger partial charge in [0.05, 0.1) is 34.7 Å². The average Bonchev–Trinajstić information content (AvgIpc) is 3.60. The number of para-hydroxylation sites is 1. The van der Waals surface area contributed by atoms with Crippen molar-refractivity contribution < 1.29 is 18.6 Å². The van der Waals surface area contributed by atoms with Gasteiger partial charge in [-0.3, -0.25) is 19.1 Å². The monoisotopic (exact) mass is 455 g/mol. The summed E-state index contributed by atoms with van der Waals surface area (Å²) < 4.78 is 9.41. The molecule has 0 aliphatic rings. The first-order valence-electron chi connectivity index (χ1n) is 9.77. The van der Waals surface area contributed by atoms with Crippen LogP contribution in [0.1, 0.15) is 26.6 Å². The number of aromatic nitrogens is 4. The van der Waals surface area contributed by atoms with Crippen LogP contribution in [0.15, 0.2) is 68.6 Å². The summed E-state index contributed by atoms with van der Waals surface area (Å²) in [5, 5.41) is 22.5. The molecule has 3 aromatic heterocycles. The summed E-state index contributed by atoms with van der Waals surface area (Å²) in [6, 6.07) is 14.7. The molecule has 0 aliphatic heterocycles. The molecule has 4 N–H and O–H groups in total. The Kier molecular flexibility index (Phi) is 4.96. The second-order valence-electron chi connectivity index (χ2n) is 7.05. The first kappa shape index (κ1) is 20.5. The third kappa shape index (κ3) is 3.80. The first-order chi connectivity index (χ1) is 16.5. The van der Waals surface area contributed by atoms with E-state index in [9.17, 15) is 19.6 Å². The third-order valence-electron chi connectivity index (χ3n) is 4.90. The van der Waals surface area contributed by atoms with Crippen molar-refractivity contribution in [1.82, 2.24) is 20.3 Å². The number of nitriles is 1. The average molecular weight is 455 g/mol. The molecule has 0 atom stereocenters. The minimum absolute atomic E-state index is 0.0424. The molecule has 0 bridgehead atoms. The fraction of sp³-hybridized carbons (Fsp3) is 0. The zero-order valence-electron chi connectivity index (χ0n) is 17.1. The molecule has 2 aromatic carbocycles. The molecule has 0 unspecified atom stereocenters. The van der Waals surface area contributed by atoms with Crippen LogP contribution < -0.4 is 16.4 Å². The predicted molar refractivity (Wildman–Crippen MR) is 118 cm³/mol. The summed E-state index contributed by atoms with van der Waals surface area (Å²) in [6.45, 7) is 0. The van der Waals surface area contributed by atoms with Gasteiger partial charge >= 0.3 is 5.76 Å². The van der Waals surface area contributed by atoms with Crippen LogP contribution >= 0.6 is 0 Å². The Hall–Kier alpha value is -5.44. The lowest BCUT2D eigenvalue weighted by atomic mass is 10.1. The number of rotatable bonds is 5. The highest BCUT2D eigenvalue weighted by atomic mass is 16.5. The summed E-state index contributed by atoms with van der Waals surface area (Å²) in [7, 11) is 0. The van der Waals surface area contributed by atoms with Gasteiger partial charge in [-0.1, -0.05) is 22.4 Å². The van der Waals surface area contributed by atoms with Gasteiger partial charge in [0.25, 0.3) is 11.8 Å². The van der Waals surface area contributed by atoms with Gasteiger partial charge in [-0.25, -0.2) is 4.79 Å². The number of hydrogen-bond donors (Lipinski definition) is 4. The highest BCUT2D eigenvalue weighted by molar-refractivity contribution is 6.11. The fourth-order valence-corrected chi connectivity index (χ4v) is 3.35. The normalized spacial score (nSPS) is 10.7. The van der Waals surface area contributed by atoms with Gasteiger partial charge in [-0.2, -0.15) is 5.26 Å². The maximum absolute atomic E-state index is 13.0. The molecular formula is C22H13N7O5. The molecule has 34 heavy (non-hydrogen) atoms. The number of carbonyl (C=O) groups excluding carboxylic acids is 2. The number of carbonyl (C=O) groups is 2. The van der Waals surface area contributed by atoms with Crippen molar-refractivity contribution in [2.45, 2.75) is 0 Å². The number of nitrogens with zero attached hydrogens (tertiary/aromatic N) is 3. The number of anilines is 2. The van der Waals surface area contributed by atoms with Crippen LogP contribution in [0.5, 0.6) is 0 Å². The molecule has 0 radical (unpaired) electrons. The number of aromatic amines is 2. The van der Waals surface area contributed by atoms with Gasteiger partial charge in [0.15, 0.2) is 5.82 Å². The molecule has 3 heterocycles. The Balaban J connectivity index is 1.45. The highest BCUT2D eigenvalue weighted by Crippen LogP contribution is 2.28. The first-order valence-corrected chi connectivity index (χ1v) is 9.77. The summed E-state index contributed by atoms with van der Waals surface area (Å²) >= 11 is 0. The van der Waals surface area contributed by atoms with E-state index in [1.54, 1.807) is 24.3 Å². The van der Waals surface area contributed by atoms with Crippen LogP contribution in [0.3, 0.4) is 0 Å². The van der Waals surface area contributed by atoms with Crippen molar-refractivity contribution in [2.75, 3.05) is 10.6 Å². The van der Waals surface area contributed by atoms with E-state index in [-0.39, 0.29) is 17.3 Å². The molecule has 12 heteroatoms. The molecule has 2 amide bonds. The molecule has 166 valence electrons. The Morgan fingerprint density at radius 1 is 0.971 bits per heavy atom. The Labute approximate surface area is 189 Å². The van der Waals surface area contributed by atoms with E-state index in [4.69, 9.17) is 4.52 Å². The number of H-pyrrole nitrogens is 2. The molecule has 0 saturated carbocycles. The van der Waals surface area contributed by atoms with Gasteiger partial charge in [0.2, 0.25) is 5.76 Å². The SMILES string of the molecule is N#Cc1ccc(NC(=O)c2cc3cccc(NC(=O)c4ccno4)c3[nH]2)c(-c2noc(=O)[nH]2)c1. The van der Waals surface area contributed by atoms with Crippen molar-refractivity contribution in [3.8, 4) is 17.5 Å².